The van der Waals surface area contributed by atoms with Gasteiger partial charge in [-0.2, -0.15) is 0 Å². The van der Waals surface area contributed by atoms with E-state index in [1.54, 1.807) is 4.90 Å². The number of carbonyl (C=O) groups is 2. The average Bonchev–Trinajstić information content (AvgIpc) is 3.11. The maximum Gasteiger partial charge on any atom is 0.410 e. The highest BCUT2D eigenvalue weighted by Gasteiger charge is 2.27. The molecule has 0 aliphatic carbocycles. The summed E-state index contributed by atoms with van der Waals surface area (Å²) in [7, 11) is 0. The summed E-state index contributed by atoms with van der Waals surface area (Å²) in [5.74, 6) is -0.0991. The van der Waals surface area contributed by atoms with Crippen LogP contribution in [-0.4, -0.2) is 65.1 Å². The largest absolute Gasteiger partial charge is 0.444 e. The van der Waals surface area contributed by atoms with Crippen molar-refractivity contribution in [2.24, 2.45) is 0 Å². The number of anilines is 1. The lowest BCUT2D eigenvalue weighted by Gasteiger charge is -2.35. The molecule has 1 aromatic heterocycles. The fourth-order valence-electron chi connectivity index (χ4n) is 3.68. The molecule has 7 nitrogen and oxygen atoms in total. The Labute approximate surface area is 211 Å². The van der Waals surface area contributed by atoms with Crippen LogP contribution < -0.4 is 5.32 Å². The van der Waals surface area contributed by atoms with Crippen LogP contribution in [0.2, 0.25) is 5.02 Å². The summed E-state index contributed by atoms with van der Waals surface area (Å²) in [4.78, 5) is 34.6. The van der Waals surface area contributed by atoms with Gasteiger partial charge >= 0.3 is 6.09 Å². The molecular formula is C25H35ClN4O3S. The van der Waals surface area contributed by atoms with Crippen LogP contribution in [0.5, 0.6) is 0 Å². The Bertz CT molecular complexity index is 1000. The van der Waals surface area contributed by atoms with E-state index in [0.717, 1.165) is 22.6 Å². The number of ether oxygens (including phenoxy) is 1. The average molecular weight is 507 g/mol. The van der Waals surface area contributed by atoms with Gasteiger partial charge in [0.25, 0.3) is 0 Å². The van der Waals surface area contributed by atoms with Gasteiger partial charge in [-0.1, -0.05) is 44.5 Å². The van der Waals surface area contributed by atoms with Crippen LogP contribution in [0.3, 0.4) is 0 Å². The van der Waals surface area contributed by atoms with Gasteiger partial charge in [0.1, 0.15) is 5.60 Å². The minimum absolute atomic E-state index is 0.0991. The van der Waals surface area contributed by atoms with Crippen molar-refractivity contribution >= 4 is 40.1 Å². The van der Waals surface area contributed by atoms with E-state index in [-0.39, 0.29) is 24.0 Å². The first kappa shape index (κ1) is 26.4. The maximum atomic E-state index is 12.7. The van der Waals surface area contributed by atoms with Crippen molar-refractivity contribution in [1.29, 1.82) is 0 Å². The molecule has 0 spiro atoms. The molecule has 2 amide bonds. The molecule has 3 rings (SSSR count). The van der Waals surface area contributed by atoms with Crippen LogP contribution in [-0.2, 0) is 21.4 Å². The number of benzene rings is 1. The van der Waals surface area contributed by atoms with Crippen LogP contribution in [0.15, 0.2) is 24.3 Å². The lowest BCUT2D eigenvalue weighted by Crippen LogP contribution is -2.51. The highest BCUT2D eigenvalue weighted by molar-refractivity contribution is 7.15. The first-order valence-electron chi connectivity index (χ1n) is 11.5. The normalized spacial score (nSPS) is 15.3. The number of nitrogens with zero attached hydrogens (tertiary/aromatic N) is 3. The monoisotopic (exact) mass is 506 g/mol. The van der Waals surface area contributed by atoms with Crippen LogP contribution in [0.25, 0.3) is 0 Å². The van der Waals surface area contributed by atoms with Crippen LogP contribution in [0.1, 0.15) is 57.7 Å². The molecule has 0 bridgehead atoms. The second-order valence-electron chi connectivity index (χ2n) is 10.6. The summed E-state index contributed by atoms with van der Waals surface area (Å²) in [5.41, 5.74) is 1.49. The summed E-state index contributed by atoms with van der Waals surface area (Å²) in [6.45, 7) is 14.5. The van der Waals surface area contributed by atoms with Gasteiger partial charge in [0.05, 0.1) is 12.2 Å². The molecule has 0 unspecified atom stereocenters. The quantitative estimate of drug-likeness (QED) is 0.605. The van der Waals surface area contributed by atoms with Gasteiger partial charge in [0, 0.05) is 47.9 Å². The molecule has 0 radical (unpaired) electrons. The number of amides is 2. The zero-order chi connectivity index (χ0) is 25.1. The molecule has 0 atom stereocenters. The molecule has 34 heavy (non-hydrogen) atoms. The lowest BCUT2D eigenvalue weighted by atomic mass is 9.90. The number of piperazine rings is 1. The number of hydrogen-bond acceptors (Lipinski definition) is 6. The van der Waals surface area contributed by atoms with Crippen LogP contribution in [0.4, 0.5) is 9.93 Å². The number of halogens is 1. The Morgan fingerprint density at radius 1 is 1.06 bits per heavy atom. The lowest BCUT2D eigenvalue weighted by molar-refractivity contribution is -0.117. The first-order chi connectivity index (χ1) is 15.8. The molecule has 1 saturated heterocycles. The van der Waals surface area contributed by atoms with Gasteiger partial charge in [0.15, 0.2) is 5.13 Å². The second kappa shape index (κ2) is 10.6. The molecule has 1 aliphatic rings. The molecule has 1 fully saturated rings. The molecule has 0 saturated carbocycles. The van der Waals surface area contributed by atoms with Crippen molar-refractivity contribution in [2.45, 2.75) is 59.0 Å². The number of hydrogen-bond donors (Lipinski definition) is 1. The fourth-order valence-corrected chi connectivity index (χ4v) is 5.02. The SMILES string of the molecule is CC(C)(C)OC(=O)N1CCN(CC(=O)Nc2nc(C(C)(C)C)c(Cc3ccc(Cl)cc3)s2)CC1. The predicted octanol–water partition coefficient (Wildman–Crippen LogP) is 5.18. The van der Waals surface area contributed by atoms with E-state index in [1.807, 2.05) is 49.9 Å². The van der Waals surface area contributed by atoms with Crippen molar-refractivity contribution < 1.29 is 14.3 Å². The van der Waals surface area contributed by atoms with Crippen LogP contribution in [0, 0.1) is 0 Å². The summed E-state index contributed by atoms with van der Waals surface area (Å²) in [6.07, 6.45) is 0.437. The fraction of sp³-hybridized carbons (Fsp3) is 0.560. The highest BCUT2D eigenvalue weighted by atomic mass is 35.5. The standard InChI is InChI=1S/C25H35ClN4O3S/c1-24(2,3)21-19(15-17-7-9-18(26)10-8-17)34-22(28-21)27-20(31)16-29-11-13-30(14-12-29)23(32)33-25(4,5)6/h7-10H,11-16H2,1-6H3,(H,27,28,31). The van der Waals surface area contributed by atoms with E-state index in [1.165, 1.54) is 11.3 Å². The number of thiazole rings is 1. The van der Waals surface area contributed by atoms with Gasteiger partial charge in [0.2, 0.25) is 5.91 Å². The zero-order valence-electron chi connectivity index (χ0n) is 20.9. The minimum atomic E-state index is -0.514. The summed E-state index contributed by atoms with van der Waals surface area (Å²) in [5, 5.41) is 4.31. The molecular weight excluding hydrogens is 472 g/mol. The Morgan fingerprint density at radius 3 is 2.24 bits per heavy atom. The number of aromatic nitrogens is 1. The van der Waals surface area contributed by atoms with Crippen molar-refractivity contribution in [1.82, 2.24) is 14.8 Å². The van der Waals surface area contributed by atoms with E-state index >= 15 is 0 Å². The summed E-state index contributed by atoms with van der Waals surface area (Å²) in [6, 6.07) is 7.81. The first-order valence-corrected chi connectivity index (χ1v) is 12.7. The number of rotatable bonds is 5. The Hall–Kier alpha value is -2.16. The Balaban J connectivity index is 1.58. The number of carbonyl (C=O) groups excluding carboxylic acids is 2. The van der Waals surface area contributed by atoms with Gasteiger partial charge in [-0.15, -0.1) is 11.3 Å². The third-order valence-corrected chi connectivity index (χ3v) is 6.55. The molecule has 1 aromatic carbocycles. The summed E-state index contributed by atoms with van der Waals surface area (Å²) >= 11 is 7.54. The van der Waals surface area contributed by atoms with Gasteiger partial charge < -0.3 is 15.0 Å². The van der Waals surface area contributed by atoms with Crippen molar-refractivity contribution in [3.05, 3.63) is 45.4 Å². The smallest absolute Gasteiger partial charge is 0.410 e. The van der Waals surface area contributed by atoms with E-state index in [0.29, 0.717) is 36.3 Å². The predicted molar refractivity (Wildman–Crippen MR) is 138 cm³/mol. The Kier molecular flexibility index (Phi) is 8.26. The Morgan fingerprint density at radius 2 is 1.68 bits per heavy atom. The van der Waals surface area contributed by atoms with Gasteiger partial charge in [-0.05, 0) is 38.5 Å². The van der Waals surface area contributed by atoms with E-state index in [4.69, 9.17) is 21.3 Å². The third-order valence-electron chi connectivity index (χ3n) is 5.32. The van der Waals surface area contributed by atoms with Gasteiger partial charge in [-0.25, -0.2) is 9.78 Å². The number of nitrogens with one attached hydrogen (secondary N) is 1. The zero-order valence-corrected chi connectivity index (χ0v) is 22.5. The second-order valence-corrected chi connectivity index (χ2v) is 12.2. The molecule has 1 aliphatic heterocycles. The van der Waals surface area contributed by atoms with Crippen molar-refractivity contribution in [3.63, 3.8) is 0 Å². The molecule has 2 heterocycles. The highest BCUT2D eigenvalue weighted by Crippen LogP contribution is 2.34. The van der Waals surface area contributed by atoms with E-state index in [2.05, 4.69) is 26.1 Å². The molecule has 1 N–H and O–H groups in total. The molecule has 9 heteroatoms. The molecule has 2 aromatic rings. The topological polar surface area (TPSA) is 74.8 Å². The minimum Gasteiger partial charge on any atom is -0.444 e. The summed E-state index contributed by atoms with van der Waals surface area (Å²) < 4.78 is 5.44. The third kappa shape index (κ3) is 7.68. The van der Waals surface area contributed by atoms with E-state index in [9.17, 15) is 9.59 Å². The van der Waals surface area contributed by atoms with E-state index < -0.39 is 5.60 Å². The van der Waals surface area contributed by atoms with Crippen molar-refractivity contribution in [2.75, 3.05) is 38.0 Å². The van der Waals surface area contributed by atoms with Crippen molar-refractivity contribution in [3.8, 4) is 0 Å². The van der Waals surface area contributed by atoms with Gasteiger partial charge in [-0.3, -0.25) is 9.69 Å². The molecule has 186 valence electrons. The maximum absolute atomic E-state index is 12.7. The van der Waals surface area contributed by atoms with Crippen LogP contribution >= 0.6 is 22.9 Å².